The van der Waals surface area contributed by atoms with Gasteiger partial charge in [-0.05, 0) is 76.1 Å². The maximum atomic E-state index is 14.1. The van der Waals surface area contributed by atoms with Crippen molar-refractivity contribution >= 4 is 35.3 Å². The summed E-state index contributed by atoms with van der Waals surface area (Å²) in [6.45, 7) is 9.09. The van der Waals surface area contributed by atoms with Gasteiger partial charge in [0.2, 0.25) is 0 Å². The predicted molar refractivity (Wildman–Crippen MR) is 175 cm³/mol. The molecule has 0 N–H and O–H groups in total. The molecule has 3 aromatic rings. The summed E-state index contributed by atoms with van der Waals surface area (Å²) in [6.07, 6.45) is 1.69. The average molecular weight is 683 g/mol. The summed E-state index contributed by atoms with van der Waals surface area (Å²) in [7, 11) is 1.26. The number of benzene rings is 2. The smallest absolute Gasteiger partial charge is 0.344 e. The van der Waals surface area contributed by atoms with Crippen molar-refractivity contribution in [2.45, 2.75) is 40.7 Å². The number of thiazole rings is 1. The number of carbonyl (C=O) groups is 3. The first kappa shape index (κ1) is 35.7. The summed E-state index contributed by atoms with van der Waals surface area (Å²) in [5.41, 5.74) is 1.38. The van der Waals surface area contributed by atoms with E-state index in [1.807, 2.05) is 6.92 Å². The van der Waals surface area contributed by atoms with E-state index in [1.165, 1.54) is 11.7 Å². The third-order valence-corrected chi connectivity index (χ3v) is 7.87. The third-order valence-electron chi connectivity index (χ3n) is 6.89. The molecule has 0 amide bonds. The van der Waals surface area contributed by atoms with Gasteiger partial charge in [-0.1, -0.05) is 23.5 Å². The van der Waals surface area contributed by atoms with E-state index in [0.29, 0.717) is 50.0 Å². The second-order valence-electron chi connectivity index (χ2n) is 10.0. The van der Waals surface area contributed by atoms with Crippen LogP contribution in [-0.2, 0) is 28.6 Å². The van der Waals surface area contributed by atoms with Gasteiger partial charge in [-0.15, -0.1) is 0 Å². The van der Waals surface area contributed by atoms with Crippen molar-refractivity contribution in [2.24, 2.45) is 4.99 Å². The molecule has 0 radical (unpaired) electrons. The van der Waals surface area contributed by atoms with Gasteiger partial charge in [0, 0.05) is 0 Å². The first-order valence-corrected chi connectivity index (χ1v) is 16.2. The number of methoxy groups -OCH3 is 1. The van der Waals surface area contributed by atoms with Crippen LogP contribution in [0.5, 0.6) is 23.0 Å². The van der Waals surface area contributed by atoms with Crippen LogP contribution in [0, 0.1) is 0 Å². The largest absolute Gasteiger partial charge is 0.490 e. The van der Waals surface area contributed by atoms with Crippen LogP contribution in [0.4, 0.5) is 0 Å². The molecular formula is C34H38N2O11S. The molecule has 0 fully saturated rings. The Morgan fingerprint density at radius 3 is 2.06 bits per heavy atom. The lowest BCUT2D eigenvalue weighted by molar-refractivity contribution is -0.145. The van der Waals surface area contributed by atoms with Gasteiger partial charge in [0.25, 0.3) is 5.56 Å². The molecule has 1 aliphatic rings. The zero-order chi connectivity index (χ0) is 34.8. The van der Waals surface area contributed by atoms with Crippen LogP contribution in [0.2, 0.25) is 0 Å². The highest BCUT2D eigenvalue weighted by molar-refractivity contribution is 7.07. The Balaban J connectivity index is 1.82. The van der Waals surface area contributed by atoms with Crippen LogP contribution in [0.1, 0.15) is 51.8 Å². The van der Waals surface area contributed by atoms with E-state index in [9.17, 15) is 19.2 Å². The van der Waals surface area contributed by atoms with Gasteiger partial charge in [-0.3, -0.25) is 9.36 Å². The van der Waals surface area contributed by atoms with E-state index < -0.39 is 23.9 Å². The summed E-state index contributed by atoms with van der Waals surface area (Å²) in [5.74, 6) is -0.342. The Bertz CT molecular complexity index is 1880. The number of allylic oxidation sites excluding steroid dienone is 1. The summed E-state index contributed by atoms with van der Waals surface area (Å²) in [6, 6.07) is 9.15. The van der Waals surface area contributed by atoms with Gasteiger partial charge >= 0.3 is 17.9 Å². The molecule has 0 bridgehead atoms. The Kier molecular flexibility index (Phi) is 12.4. The van der Waals surface area contributed by atoms with Gasteiger partial charge in [-0.2, -0.15) is 0 Å². The number of esters is 3. The number of nitrogens with zero attached hydrogens (tertiary/aromatic N) is 2. The molecule has 0 aliphatic carbocycles. The lowest BCUT2D eigenvalue weighted by atomic mass is 9.95. The maximum absolute atomic E-state index is 14.1. The van der Waals surface area contributed by atoms with Gasteiger partial charge in [0.1, 0.15) is 0 Å². The lowest BCUT2D eigenvalue weighted by Crippen LogP contribution is -2.40. The van der Waals surface area contributed by atoms with Crippen LogP contribution < -0.4 is 33.8 Å². The van der Waals surface area contributed by atoms with Crippen molar-refractivity contribution in [1.29, 1.82) is 0 Å². The first-order valence-electron chi connectivity index (χ1n) is 15.4. The van der Waals surface area contributed by atoms with Crippen LogP contribution in [0.25, 0.3) is 6.08 Å². The normalized spacial score (nSPS) is 14.0. The summed E-state index contributed by atoms with van der Waals surface area (Å²) in [5, 5.41) is 0. The molecule has 2 aromatic carbocycles. The van der Waals surface area contributed by atoms with E-state index >= 15 is 0 Å². The number of carbonyl (C=O) groups excluding carboxylic acids is 3. The monoisotopic (exact) mass is 682 g/mol. The van der Waals surface area contributed by atoms with Crippen LogP contribution in [0.15, 0.2) is 57.5 Å². The highest BCUT2D eigenvalue weighted by Crippen LogP contribution is 2.36. The Morgan fingerprint density at radius 2 is 1.44 bits per heavy atom. The molecule has 1 aromatic heterocycles. The summed E-state index contributed by atoms with van der Waals surface area (Å²) < 4.78 is 39.6. The number of aromatic nitrogens is 1. The maximum Gasteiger partial charge on any atom is 0.344 e. The molecule has 13 nitrogen and oxygen atoms in total. The molecular weight excluding hydrogens is 644 g/mol. The highest BCUT2D eigenvalue weighted by Gasteiger charge is 2.34. The standard InChI is InChI=1S/C34H38N2O11S/c1-7-42-25-15-21(11-13-23(25)47-19-29(38)44-9-3)16-27-32(39)36-31(30(33(40)45-10-4)20(5)35-34(36)48-27)22-12-14-24(26(17-22)43-8-2)46-18-28(37)41-6/h11-17,31H,7-10,18-19H2,1-6H3/b27-16-/t31-/m1/s1. The van der Waals surface area contributed by atoms with E-state index in [-0.39, 0.29) is 49.9 Å². The fraction of sp³-hybridized carbons (Fsp3) is 0.382. The zero-order valence-electron chi connectivity index (χ0n) is 27.7. The number of hydrogen-bond donors (Lipinski definition) is 0. The Hall–Kier alpha value is -5.11. The number of fused-ring (bicyclic) bond motifs is 1. The van der Waals surface area contributed by atoms with Crippen molar-refractivity contribution in [2.75, 3.05) is 46.8 Å². The minimum absolute atomic E-state index is 0.124. The molecule has 2 heterocycles. The van der Waals surface area contributed by atoms with E-state index in [2.05, 4.69) is 9.73 Å². The number of hydrogen-bond acceptors (Lipinski definition) is 13. The predicted octanol–water partition coefficient (Wildman–Crippen LogP) is 3.09. The molecule has 256 valence electrons. The minimum atomic E-state index is -0.908. The quantitative estimate of drug-likeness (QED) is 0.172. The fourth-order valence-electron chi connectivity index (χ4n) is 4.88. The van der Waals surface area contributed by atoms with Crippen LogP contribution >= 0.6 is 11.3 Å². The number of ether oxygens (including phenoxy) is 7. The molecule has 0 spiro atoms. The Labute approximate surface area is 281 Å². The van der Waals surface area contributed by atoms with E-state index in [4.69, 9.17) is 28.4 Å². The zero-order valence-corrected chi connectivity index (χ0v) is 28.5. The van der Waals surface area contributed by atoms with Gasteiger partial charge in [0.05, 0.1) is 55.4 Å². The second-order valence-corrected chi connectivity index (χ2v) is 11.0. The topological polar surface area (TPSA) is 150 Å². The number of rotatable bonds is 15. The molecule has 1 atom stereocenters. The lowest BCUT2D eigenvalue weighted by Gasteiger charge is -2.25. The van der Waals surface area contributed by atoms with E-state index in [1.54, 1.807) is 70.2 Å². The van der Waals surface area contributed by atoms with Crippen molar-refractivity contribution in [1.82, 2.24) is 4.57 Å². The highest BCUT2D eigenvalue weighted by atomic mass is 32.1. The summed E-state index contributed by atoms with van der Waals surface area (Å²) in [4.78, 5) is 56.0. The molecule has 14 heteroatoms. The third kappa shape index (κ3) is 8.23. The van der Waals surface area contributed by atoms with Gasteiger partial charge in [0.15, 0.2) is 41.0 Å². The fourth-order valence-corrected chi connectivity index (χ4v) is 5.92. The molecule has 48 heavy (non-hydrogen) atoms. The molecule has 0 saturated carbocycles. The second kappa shape index (κ2) is 16.6. The van der Waals surface area contributed by atoms with Crippen molar-refractivity contribution in [3.63, 3.8) is 0 Å². The summed E-state index contributed by atoms with van der Waals surface area (Å²) >= 11 is 1.16. The van der Waals surface area contributed by atoms with Crippen LogP contribution in [-0.4, -0.2) is 69.2 Å². The van der Waals surface area contributed by atoms with Crippen molar-refractivity contribution in [3.8, 4) is 23.0 Å². The van der Waals surface area contributed by atoms with Gasteiger partial charge in [-0.25, -0.2) is 19.4 Å². The molecule has 1 aliphatic heterocycles. The SMILES string of the molecule is CCOC(=O)COc1ccc(/C=c2\sc3n(c2=O)[C@H](c2ccc(OCC(=O)OC)c(OCC)c2)C(C(=O)OCC)=C(C)N=3)cc1OCC. The molecule has 0 saturated heterocycles. The molecule has 0 unspecified atom stereocenters. The van der Waals surface area contributed by atoms with Gasteiger partial charge < -0.3 is 33.2 Å². The van der Waals surface area contributed by atoms with Crippen molar-refractivity contribution in [3.05, 3.63) is 78.5 Å². The molecule has 4 rings (SSSR count). The van der Waals surface area contributed by atoms with E-state index in [0.717, 1.165) is 11.3 Å². The van der Waals surface area contributed by atoms with Crippen LogP contribution in [0.3, 0.4) is 0 Å². The average Bonchev–Trinajstić information content (AvgIpc) is 3.36. The Morgan fingerprint density at radius 1 is 0.812 bits per heavy atom. The first-order chi connectivity index (χ1) is 23.1. The minimum Gasteiger partial charge on any atom is -0.490 e. The van der Waals surface area contributed by atoms with Crippen molar-refractivity contribution < 1.29 is 47.5 Å².